The number of aryl methyl sites for hydroxylation is 2. The van der Waals surface area contributed by atoms with Crippen LogP contribution >= 0.6 is 0 Å². The highest BCUT2D eigenvalue weighted by molar-refractivity contribution is 5.80. The molecular formula is C22H34N6. The van der Waals surface area contributed by atoms with Gasteiger partial charge in [-0.2, -0.15) is 5.10 Å². The Labute approximate surface area is 168 Å². The molecule has 0 saturated carbocycles. The lowest BCUT2D eigenvalue weighted by Gasteiger charge is -2.33. The number of nitrogens with one attached hydrogen (secondary N) is 3. The van der Waals surface area contributed by atoms with E-state index in [2.05, 4.69) is 69.9 Å². The fourth-order valence-corrected chi connectivity index (χ4v) is 3.68. The van der Waals surface area contributed by atoms with Gasteiger partial charge in [-0.15, -0.1) is 0 Å². The van der Waals surface area contributed by atoms with Crippen LogP contribution in [0.15, 0.2) is 41.5 Å². The van der Waals surface area contributed by atoms with E-state index in [0.717, 1.165) is 70.1 Å². The summed E-state index contributed by atoms with van der Waals surface area (Å²) >= 11 is 0. The highest BCUT2D eigenvalue weighted by atomic mass is 15.2. The largest absolute Gasteiger partial charge is 0.357 e. The van der Waals surface area contributed by atoms with Gasteiger partial charge >= 0.3 is 0 Å². The number of hydrogen-bond acceptors (Lipinski definition) is 3. The molecule has 1 aromatic heterocycles. The number of H-pyrrole nitrogens is 1. The number of nitrogens with zero attached hydrogens (tertiary/aromatic N) is 3. The molecule has 6 heteroatoms. The van der Waals surface area contributed by atoms with Crippen molar-refractivity contribution in [2.75, 3.05) is 26.2 Å². The van der Waals surface area contributed by atoms with E-state index in [1.165, 1.54) is 11.1 Å². The van der Waals surface area contributed by atoms with Crippen molar-refractivity contribution in [3.8, 4) is 0 Å². The Hall–Kier alpha value is -2.34. The van der Waals surface area contributed by atoms with Gasteiger partial charge in [-0.1, -0.05) is 30.3 Å². The Morgan fingerprint density at radius 1 is 1.25 bits per heavy atom. The van der Waals surface area contributed by atoms with E-state index in [-0.39, 0.29) is 0 Å². The van der Waals surface area contributed by atoms with Crippen LogP contribution in [0, 0.1) is 6.92 Å². The number of aliphatic imine (C=N–C) groups is 1. The van der Waals surface area contributed by atoms with E-state index >= 15 is 0 Å². The first-order valence-corrected chi connectivity index (χ1v) is 10.5. The average molecular weight is 383 g/mol. The highest BCUT2D eigenvalue weighted by Gasteiger charge is 2.20. The fraction of sp³-hybridized carbons (Fsp3) is 0.545. The maximum Gasteiger partial charge on any atom is 0.191 e. The van der Waals surface area contributed by atoms with Crippen molar-refractivity contribution in [2.45, 2.75) is 52.1 Å². The van der Waals surface area contributed by atoms with Gasteiger partial charge in [-0.25, -0.2) is 0 Å². The van der Waals surface area contributed by atoms with Gasteiger partial charge in [0.05, 0.1) is 6.20 Å². The number of likely N-dealkylation sites (tertiary alicyclic amines) is 1. The summed E-state index contributed by atoms with van der Waals surface area (Å²) in [6, 6.07) is 11.3. The number of aromatic amines is 1. The summed E-state index contributed by atoms with van der Waals surface area (Å²) in [6.07, 6.45) is 6.29. The zero-order valence-electron chi connectivity index (χ0n) is 17.2. The van der Waals surface area contributed by atoms with Gasteiger partial charge in [0.2, 0.25) is 0 Å². The quantitative estimate of drug-likeness (QED) is 0.373. The number of piperidine rings is 1. The van der Waals surface area contributed by atoms with Crippen LogP contribution in [-0.2, 0) is 13.0 Å². The van der Waals surface area contributed by atoms with Crippen LogP contribution < -0.4 is 10.6 Å². The molecule has 1 aliphatic heterocycles. The molecule has 3 rings (SSSR count). The lowest BCUT2D eigenvalue weighted by atomic mass is 10.0. The molecule has 152 valence electrons. The van der Waals surface area contributed by atoms with E-state index in [1.54, 1.807) is 0 Å². The Kier molecular flexibility index (Phi) is 7.91. The molecule has 0 aliphatic carbocycles. The third-order valence-corrected chi connectivity index (χ3v) is 5.33. The molecule has 0 unspecified atom stereocenters. The van der Waals surface area contributed by atoms with Crippen LogP contribution in [0.5, 0.6) is 0 Å². The monoisotopic (exact) mass is 382 g/mol. The summed E-state index contributed by atoms with van der Waals surface area (Å²) in [6.45, 7) is 9.22. The Balaban J connectivity index is 1.41. The minimum absolute atomic E-state index is 0.501. The van der Waals surface area contributed by atoms with Gasteiger partial charge in [-0.05, 0) is 50.7 Å². The van der Waals surface area contributed by atoms with Crippen molar-refractivity contribution in [2.24, 2.45) is 4.99 Å². The standard InChI is InChI=1S/C22H34N6/c1-3-23-22(24-13-7-10-20-16-25-27-18(20)2)26-21-11-14-28(15-12-21)17-19-8-5-4-6-9-19/h4-6,8-9,16,21H,3,7,10-15,17H2,1-2H3,(H,25,27)(H2,23,24,26). The maximum atomic E-state index is 4.77. The van der Waals surface area contributed by atoms with Crippen molar-refractivity contribution in [1.29, 1.82) is 0 Å². The summed E-state index contributed by atoms with van der Waals surface area (Å²) in [5, 5.41) is 14.1. The first-order chi connectivity index (χ1) is 13.7. The fourth-order valence-electron chi connectivity index (χ4n) is 3.68. The van der Waals surface area contributed by atoms with E-state index in [0.29, 0.717) is 6.04 Å². The second-order valence-electron chi connectivity index (χ2n) is 7.56. The molecule has 1 aliphatic rings. The van der Waals surface area contributed by atoms with Crippen LogP contribution in [0.2, 0.25) is 0 Å². The van der Waals surface area contributed by atoms with E-state index < -0.39 is 0 Å². The topological polar surface area (TPSA) is 68.3 Å². The lowest BCUT2D eigenvalue weighted by Crippen LogP contribution is -2.48. The summed E-state index contributed by atoms with van der Waals surface area (Å²) < 4.78 is 0. The molecule has 28 heavy (non-hydrogen) atoms. The summed E-state index contributed by atoms with van der Waals surface area (Å²) in [5.74, 6) is 0.952. The Bertz CT molecular complexity index is 716. The number of benzene rings is 1. The van der Waals surface area contributed by atoms with Crippen LogP contribution in [0.4, 0.5) is 0 Å². The van der Waals surface area contributed by atoms with Gasteiger partial charge in [0.25, 0.3) is 0 Å². The van der Waals surface area contributed by atoms with Gasteiger partial charge in [0, 0.05) is 44.5 Å². The van der Waals surface area contributed by atoms with Crippen molar-refractivity contribution in [3.63, 3.8) is 0 Å². The summed E-state index contributed by atoms with van der Waals surface area (Å²) in [4.78, 5) is 7.32. The zero-order chi connectivity index (χ0) is 19.6. The molecule has 0 amide bonds. The third kappa shape index (κ3) is 6.37. The normalized spacial score (nSPS) is 16.3. The van der Waals surface area contributed by atoms with Crippen LogP contribution in [0.3, 0.4) is 0 Å². The molecule has 1 saturated heterocycles. The van der Waals surface area contributed by atoms with Crippen molar-refractivity contribution < 1.29 is 0 Å². The van der Waals surface area contributed by atoms with Crippen LogP contribution in [0.25, 0.3) is 0 Å². The maximum absolute atomic E-state index is 4.77. The molecule has 6 nitrogen and oxygen atoms in total. The Morgan fingerprint density at radius 3 is 2.71 bits per heavy atom. The minimum Gasteiger partial charge on any atom is -0.357 e. The first-order valence-electron chi connectivity index (χ1n) is 10.5. The predicted octanol–water partition coefficient (Wildman–Crippen LogP) is 2.87. The molecular weight excluding hydrogens is 348 g/mol. The van der Waals surface area contributed by atoms with Crippen molar-refractivity contribution >= 4 is 5.96 Å². The van der Waals surface area contributed by atoms with Gasteiger partial charge in [0.1, 0.15) is 0 Å². The van der Waals surface area contributed by atoms with Gasteiger partial charge < -0.3 is 10.6 Å². The van der Waals surface area contributed by atoms with Crippen LogP contribution in [0.1, 0.15) is 43.0 Å². The smallest absolute Gasteiger partial charge is 0.191 e. The second kappa shape index (κ2) is 10.9. The number of guanidine groups is 1. The summed E-state index contributed by atoms with van der Waals surface area (Å²) in [7, 11) is 0. The first kappa shape index (κ1) is 20.4. The summed E-state index contributed by atoms with van der Waals surface area (Å²) in [5.41, 5.74) is 3.85. The van der Waals surface area contributed by atoms with E-state index in [9.17, 15) is 0 Å². The van der Waals surface area contributed by atoms with Crippen molar-refractivity contribution in [1.82, 2.24) is 25.7 Å². The molecule has 1 fully saturated rings. The minimum atomic E-state index is 0.501. The lowest BCUT2D eigenvalue weighted by molar-refractivity contribution is 0.198. The van der Waals surface area contributed by atoms with Crippen LogP contribution in [-0.4, -0.2) is 53.3 Å². The number of hydrogen-bond donors (Lipinski definition) is 3. The molecule has 0 radical (unpaired) electrons. The third-order valence-electron chi connectivity index (χ3n) is 5.33. The van der Waals surface area contributed by atoms with Gasteiger partial charge in [0.15, 0.2) is 5.96 Å². The Morgan fingerprint density at radius 2 is 2.04 bits per heavy atom. The SMILES string of the molecule is CCNC(=NCCCc1cn[nH]c1C)NC1CCN(Cc2ccccc2)CC1. The molecule has 2 aromatic rings. The van der Waals surface area contributed by atoms with Crippen molar-refractivity contribution in [3.05, 3.63) is 53.3 Å². The molecule has 0 bridgehead atoms. The molecule has 0 spiro atoms. The van der Waals surface area contributed by atoms with E-state index in [1.807, 2.05) is 6.20 Å². The van der Waals surface area contributed by atoms with E-state index in [4.69, 9.17) is 4.99 Å². The molecule has 3 N–H and O–H groups in total. The second-order valence-corrected chi connectivity index (χ2v) is 7.56. The number of rotatable bonds is 8. The van der Waals surface area contributed by atoms with Gasteiger partial charge in [-0.3, -0.25) is 15.0 Å². The molecule has 2 heterocycles. The number of aromatic nitrogens is 2. The molecule has 0 atom stereocenters. The zero-order valence-corrected chi connectivity index (χ0v) is 17.2. The molecule has 1 aromatic carbocycles. The predicted molar refractivity (Wildman–Crippen MR) is 116 cm³/mol. The average Bonchev–Trinajstić information content (AvgIpc) is 3.12. The highest BCUT2D eigenvalue weighted by Crippen LogP contribution is 2.14.